The van der Waals surface area contributed by atoms with Gasteiger partial charge < -0.3 is 19.5 Å². The van der Waals surface area contributed by atoms with Gasteiger partial charge in [-0.1, -0.05) is 0 Å². The van der Waals surface area contributed by atoms with Gasteiger partial charge in [-0.3, -0.25) is 0 Å². The van der Waals surface area contributed by atoms with Crippen LogP contribution < -0.4 is 5.32 Å². The Labute approximate surface area is 92.1 Å². The summed E-state index contributed by atoms with van der Waals surface area (Å²) in [5.74, 6) is 0. The normalized spacial score (nSPS) is 47.3. The third kappa shape index (κ3) is 1.30. The van der Waals surface area contributed by atoms with E-state index < -0.39 is 5.60 Å². The third-order valence-electron chi connectivity index (χ3n) is 3.68. The molecule has 0 saturated carbocycles. The van der Waals surface area contributed by atoms with Crippen LogP contribution in [0.1, 0.15) is 13.8 Å². The molecule has 2 saturated heterocycles. The summed E-state index contributed by atoms with van der Waals surface area (Å²) in [5.41, 5.74) is -0.676. The Bertz CT molecular complexity index is 261. The maximum absolute atomic E-state index is 5.90. The minimum atomic E-state index is -0.486. The van der Waals surface area contributed by atoms with Crippen LogP contribution in [-0.2, 0) is 14.2 Å². The minimum Gasteiger partial charge on any atom is -0.382 e. The lowest BCUT2D eigenvalue weighted by Gasteiger charge is -2.43. The van der Waals surface area contributed by atoms with E-state index in [-0.39, 0.29) is 23.7 Å². The molecule has 1 N–H and O–H groups in total. The van der Waals surface area contributed by atoms with E-state index in [1.165, 1.54) is 0 Å². The number of rotatable bonds is 3. The second-order valence-corrected chi connectivity index (χ2v) is 4.86. The average Bonchev–Trinajstić information content (AvgIpc) is 2.51. The van der Waals surface area contributed by atoms with Crippen LogP contribution in [0.2, 0.25) is 0 Å². The molecule has 4 nitrogen and oxygen atoms in total. The zero-order valence-corrected chi connectivity index (χ0v) is 9.74. The van der Waals surface area contributed by atoms with E-state index in [4.69, 9.17) is 22.1 Å². The summed E-state index contributed by atoms with van der Waals surface area (Å²) in [7, 11) is 9.25. The molecule has 0 aromatic heterocycles. The summed E-state index contributed by atoms with van der Waals surface area (Å²) < 4.78 is 16.6. The molecule has 2 aliphatic heterocycles. The van der Waals surface area contributed by atoms with Gasteiger partial charge >= 0.3 is 0 Å². The molecule has 2 heterocycles. The molecule has 2 bridgehead atoms. The van der Waals surface area contributed by atoms with Gasteiger partial charge in [-0.2, -0.15) is 0 Å². The Hall–Kier alpha value is -0.0951. The number of hydrogen-bond donors (Lipinski definition) is 1. The molecule has 2 fully saturated rings. The number of nitrogens with one attached hydrogen (secondary N) is 1. The lowest BCUT2D eigenvalue weighted by Crippen LogP contribution is -2.62. The van der Waals surface area contributed by atoms with Crippen LogP contribution in [0.25, 0.3) is 0 Å². The predicted molar refractivity (Wildman–Crippen MR) is 57.0 cm³/mol. The Morgan fingerprint density at radius 3 is 2.60 bits per heavy atom. The Kier molecular flexibility index (Phi) is 2.62. The molecule has 2 radical (unpaired) electrons. The van der Waals surface area contributed by atoms with Crippen LogP contribution in [0.5, 0.6) is 0 Å². The van der Waals surface area contributed by atoms with Crippen molar-refractivity contribution < 1.29 is 14.2 Å². The Balaban J connectivity index is 2.35. The highest BCUT2D eigenvalue weighted by Gasteiger charge is 2.67. The summed E-state index contributed by atoms with van der Waals surface area (Å²) in [5, 5.41) is 3.45. The fraction of sp³-hybridized carbons (Fsp3) is 1.00. The molecule has 0 aromatic carbocycles. The maximum atomic E-state index is 5.90. The van der Waals surface area contributed by atoms with E-state index in [0.29, 0.717) is 6.61 Å². The SMILES string of the molecule is [B][C@@H]1O[C@]2(COC)[C@H](OC)C1NC2(C)C. The van der Waals surface area contributed by atoms with Crippen molar-refractivity contribution >= 4 is 7.85 Å². The van der Waals surface area contributed by atoms with Gasteiger partial charge in [-0.25, -0.2) is 0 Å². The fourth-order valence-corrected chi connectivity index (χ4v) is 2.89. The van der Waals surface area contributed by atoms with Gasteiger partial charge in [0.05, 0.1) is 12.6 Å². The molecule has 2 aliphatic rings. The van der Waals surface area contributed by atoms with Crippen LogP contribution in [-0.4, -0.2) is 58.0 Å². The average molecular weight is 211 g/mol. The molecule has 0 aliphatic carbocycles. The first-order valence-corrected chi connectivity index (χ1v) is 5.21. The lowest BCUT2D eigenvalue weighted by atomic mass is 9.83. The van der Waals surface area contributed by atoms with Gasteiger partial charge in [0.25, 0.3) is 0 Å². The van der Waals surface area contributed by atoms with E-state index in [1.54, 1.807) is 14.2 Å². The van der Waals surface area contributed by atoms with Crippen molar-refractivity contribution in [3.05, 3.63) is 0 Å². The Morgan fingerprint density at radius 1 is 1.40 bits per heavy atom. The second kappa shape index (κ2) is 3.45. The van der Waals surface area contributed by atoms with Gasteiger partial charge in [0.15, 0.2) is 0 Å². The van der Waals surface area contributed by atoms with Crippen molar-refractivity contribution in [2.45, 2.75) is 43.1 Å². The summed E-state index contributed by atoms with van der Waals surface area (Å²) in [6.07, 6.45) is -0.0533. The van der Waals surface area contributed by atoms with E-state index in [1.807, 2.05) is 0 Å². The molecule has 84 valence electrons. The molecular formula is C10H18BNO3. The smallest absolute Gasteiger partial charge is 0.136 e. The van der Waals surface area contributed by atoms with Crippen molar-refractivity contribution in [2.24, 2.45) is 0 Å². The van der Waals surface area contributed by atoms with Crippen molar-refractivity contribution in [1.29, 1.82) is 0 Å². The molecule has 2 rings (SSSR count). The highest BCUT2D eigenvalue weighted by molar-refractivity contribution is 6.12. The molecular weight excluding hydrogens is 193 g/mol. The summed E-state index contributed by atoms with van der Waals surface area (Å²) >= 11 is 0. The Morgan fingerprint density at radius 2 is 2.07 bits per heavy atom. The first kappa shape index (κ1) is 11.4. The van der Waals surface area contributed by atoms with Crippen molar-refractivity contribution in [1.82, 2.24) is 5.32 Å². The molecule has 5 heteroatoms. The summed E-state index contributed by atoms with van der Waals surface area (Å²) in [6, 6.07) is -0.279. The zero-order chi connectivity index (χ0) is 11.3. The minimum absolute atomic E-state index is 0.0418. The van der Waals surface area contributed by atoms with Gasteiger partial charge in [0.1, 0.15) is 19.6 Å². The standard InChI is InChI=1S/C10H18BNO3/c1-9(2)10(5-13-3)7(14-4)6(12-9)8(11)15-10/h6-8,12H,5H2,1-4H3/t6?,7-,8-,10-/m1/s1. The van der Waals surface area contributed by atoms with E-state index >= 15 is 0 Å². The quantitative estimate of drug-likeness (QED) is 0.648. The molecule has 0 spiro atoms. The van der Waals surface area contributed by atoms with Crippen molar-refractivity contribution in [3.63, 3.8) is 0 Å². The number of morpholine rings is 1. The van der Waals surface area contributed by atoms with Gasteiger partial charge in [-0.05, 0) is 13.8 Å². The fourth-order valence-electron chi connectivity index (χ4n) is 2.89. The largest absolute Gasteiger partial charge is 0.382 e. The second-order valence-electron chi connectivity index (χ2n) is 4.86. The number of hydrogen-bond acceptors (Lipinski definition) is 4. The molecule has 4 atom stereocenters. The van der Waals surface area contributed by atoms with Gasteiger partial charge in [0.2, 0.25) is 0 Å². The van der Waals surface area contributed by atoms with Crippen LogP contribution >= 0.6 is 0 Å². The highest BCUT2D eigenvalue weighted by Crippen LogP contribution is 2.46. The zero-order valence-electron chi connectivity index (χ0n) is 9.74. The molecule has 0 amide bonds. The number of ether oxygens (including phenoxy) is 3. The predicted octanol–water partition coefficient (Wildman–Crippen LogP) is -0.338. The highest BCUT2D eigenvalue weighted by atomic mass is 16.6. The van der Waals surface area contributed by atoms with Crippen LogP contribution in [0.3, 0.4) is 0 Å². The van der Waals surface area contributed by atoms with Crippen molar-refractivity contribution in [3.8, 4) is 0 Å². The molecule has 0 aromatic rings. The molecule has 1 unspecified atom stereocenters. The van der Waals surface area contributed by atoms with Crippen LogP contribution in [0.15, 0.2) is 0 Å². The van der Waals surface area contributed by atoms with Crippen LogP contribution in [0, 0.1) is 0 Å². The number of fused-ring (bicyclic) bond motifs is 2. The molecule has 15 heavy (non-hydrogen) atoms. The third-order valence-corrected chi connectivity index (χ3v) is 3.68. The maximum Gasteiger partial charge on any atom is 0.136 e. The summed E-state index contributed by atoms with van der Waals surface area (Å²) in [4.78, 5) is 0. The van der Waals surface area contributed by atoms with E-state index in [9.17, 15) is 0 Å². The van der Waals surface area contributed by atoms with Gasteiger partial charge in [0, 0.05) is 25.8 Å². The van der Waals surface area contributed by atoms with Gasteiger partial charge in [-0.15, -0.1) is 0 Å². The van der Waals surface area contributed by atoms with Crippen LogP contribution in [0.4, 0.5) is 0 Å². The van der Waals surface area contributed by atoms with Crippen molar-refractivity contribution in [2.75, 3.05) is 20.8 Å². The lowest BCUT2D eigenvalue weighted by molar-refractivity contribution is -0.150. The monoisotopic (exact) mass is 211 g/mol. The van der Waals surface area contributed by atoms with E-state index in [0.717, 1.165) is 0 Å². The first-order chi connectivity index (χ1) is 6.98. The number of methoxy groups -OCH3 is 2. The van der Waals surface area contributed by atoms with E-state index in [2.05, 4.69) is 19.2 Å². The topological polar surface area (TPSA) is 39.7 Å². The summed E-state index contributed by atoms with van der Waals surface area (Å²) in [6.45, 7) is 4.66. The first-order valence-electron chi connectivity index (χ1n) is 5.21.